The standard InChI is InChI=1S/C12H18N2O2/c1-9-8-14(5-6-16-9)12-4-3-11(7-13-12)10(2)15/h3-4,7,9-10,15H,5-6,8H2,1-2H3. The van der Waals surface area contributed by atoms with Gasteiger partial charge < -0.3 is 14.7 Å². The van der Waals surface area contributed by atoms with E-state index in [0.29, 0.717) is 0 Å². The fourth-order valence-electron chi connectivity index (χ4n) is 1.86. The minimum Gasteiger partial charge on any atom is -0.389 e. The molecule has 2 rings (SSSR count). The van der Waals surface area contributed by atoms with Crippen LogP contribution in [-0.2, 0) is 4.74 Å². The molecule has 4 heteroatoms. The summed E-state index contributed by atoms with van der Waals surface area (Å²) in [5.41, 5.74) is 0.852. The van der Waals surface area contributed by atoms with Gasteiger partial charge in [-0.2, -0.15) is 0 Å². The quantitative estimate of drug-likeness (QED) is 0.820. The summed E-state index contributed by atoms with van der Waals surface area (Å²) in [5, 5.41) is 9.39. The number of ether oxygens (including phenoxy) is 1. The summed E-state index contributed by atoms with van der Waals surface area (Å²) in [4.78, 5) is 6.58. The maximum absolute atomic E-state index is 9.39. The normalized spacial score (nSPS) is 23.2. The van der Waals surface area contributed by atoms with Crippen molar-refractivity contribution < 1.29 is 9.84 Å². The van der Waals surface area contributed by atoms with Crippen LogP contribution in [0.3, 0.4) is 0 Å². The van der Waals surface area contributed by atoms with Crippen LogP contribution in [0.2, 0.25) is 0 Å². The highest BCUT2D eigenvalue weighted by Crippen LogP contribution is 2.17. The van der Waals surface area contributed by atoms with Crippen molar-refractivity contribution >= 4 is 5.82 Å². The third-order valence-corrected chi connectivity index (χ3v) is 2.82. The van der Waals surface area contributed by atoms with Gasteiger partial charge in [-0.05, 0) is 25.5 Å². The first-order chi connectivity index (χ1) is 7.66. The van der Waals surface area contributed by atoms with E-state index < -0.39 is 6.10 Å². The lowest BCUT2D eigenvalue weighted by atomic mass is 10.2. The fraction of sp³-hybridized carbons (Fsp3) is 0.583. The maximum Gasteiger partial charge on any atom is 0.128 e. The topological polar surface area (TPSA) is 45.6 Å². The van der Waals surface area contributed by atoms with Gasteiger partial charge in [0.25, 0.3) is 0 Å². The molecule has 2 atom stereocenters. The molecule has 4 nitrogen and oxygen atoms in total. The molecule has 1 aliphatic rings. The second-order valence-electron chi connectivity index (χ2n) is 4.25. The SMILES string of the molecule is CC1CN(c2ccc(C(C)O)cn2)CCO1. The first kappa shape index (κ1) is 11.4. The van der Waals surface area contributed by atoms with E-state index in [4.69, 9.17) is 4.74 Å². The third kappa shape index (κ3) is 2.51. The van der Waals surface area contributed by atoms with Crippen molar-refractivity contribution in [1.82, 2.24) is 4.98 Å². The highest BCUT2D eigenvalue weighted by Gasteiger charge is 2.17. The van der Waals surface area contributed by atoms with E-state index in [1.165, 1.54) is 0 Å². The number of pyridine rings is 1. The zero-order valence-corrected chi connectivity index (χ0v) is 9.76. The molecule has 2 heterocycles. The number of nitrogens with zero attached hydrogens (tertiary/aromatic N) is 2. The van der Waals surface area contributed by atoms with Crippen molar-refractivity contribution in [3.05, 3.63) is 23.9 Å². The summed E-state index contributed by atoms with van der Waals surface area (Å²) < 4.78 is 5.48. The zero-order chi connectivity index (χ0) is 11.5. The molecular weight excluding hydrogens is 204 g/mol. The molecule has 1 fully saturated rings. The smallest absolute Gasteiger partial charge is 0.128 e. The summed E-state index contributed by atoms with van der Waals surface area (Å²) in [7, 11) is 0. The van der Waals surface area contributed by atoms with E-state index in [1.807, 2.05) is 12.1 Å². The minimum absolute atomic E-state index is 0.256. The van der Waals surface area contributed by atoms with Crippen LogP contribution < -0.4 is 4.90 Å². The van der Waals surface area contributed by atoms with Gasteiger partial charge in [-0.25, -0.2) is 4.98 Å². The van der Waals surface area contributed by atoms with Crippen molar-refractivity contribution in [1.29, 1.82) is 0 Å². The predicted octanol–water partition coefficient (Wildman–Crippen LogP) is 1.36. The Kier molecular flexibility index (Phi) is 3.41. The summed E-state index contributed by atoms with van der Waals surface area (Å²) >= 11 is 0. The van der Waals surface area contributed by atoms with E-state index in [-0.39, 0.29) is 6.10 Å². The Labute approximate surface area is 95.9 Å². The molecule has 0 saturated carbocycles. The van der Waals surface area contributed by atoms with Crippen LogP contribution in [0.5, 0.6) is 0 Å². The average molecular weight is 222 g/mol. The number of morpholine rings is 1. The van der Waals surface area contributed by atoms with E-state index in [9.17, 15) is 5.11 Å². The second-order valence-corrected chi connectivity index (χ2v) is 4.25. The van der Waals surface area contributed by atoms with E-state index >= 15 is 0 Å². The molecule has 0 aromatic carbocycles. The highest BCUT2D eigenvalue weighted by molar-refractivity contribution is 5.40. The molecule has 0 radical (unpaired) electrons. The average Bonchev–Trinajstić information content (AvgIpc) is 2.29. The van der Waals surface area contributed by atoms with Crippen LogP contribution >= 0.6 is 0 Å². The lowest BCUT2D eigenvalue weighted by Gasteiger charge is -2.32. The zero-order valence-electron chi connectivity index (χ0n) is 9.76. The van der Waals surface area contributed by atoms with Crippen molar-refractivity contribution in [2.75, 3.05) is 24.6 Å². The lowest BCUT2D eigenvalue weighted by Crippen LogP contribution is -2.41. The van der Waals surface area contributed by atoms with E-state index in [0.717, 1.165) is 31.1 Å². The van der Waals surface area contributed by atoms with Crippen LogP contribution in [0.15, 0.2) is 18.3 Å². The Morgan fingerprint density at radius 2 is 2.38 bits per heavy atom. The van der Waals surface area contributed by atoms with Crippen LogP contribution in [0.4, 0.5) is 5.82 Å². The molecule has 0 amide bonds. The number of rotatable bonds is 2. The molecule has 2 unspecified atom stereocenters. The summed E-state index contributed by atoms with van der Waals surface area (Å²) in [6.07, 6.45) is 1.54. The first-order valence-corrected chi connectivity index (χ1v) is 5.67. The fourth-order valence-corrected chi connectivity index (χ4v) is 1.86. The van der Waals surface area contributed by atoms with Gasteiger partial charge >= 0.3 is 0 Å². The van der Waals surface area contributed by atoms with Crippen molar-refractivity contribution in [3.63, 3.8) is 0 Å². The van der Waals surface area contributed by atoms with Gasteiger partial charge in [0.05, 0.1) is 18.8 Å². The highest BCUT2D eigenvalue weighted by atomic mass is 16.5. The molecular formula is C12H18N2O2. The molecule has 0 aliphatic carbocycles. The van der Waals surface area contributed by atoms with Crippen molar-refractivity contribution in [2.45, 2.75) is 26.1 Å². The maximum atomic E-state index is 9.39. The number of anilines is 1. The molecule has 0 spiro atoms. The first-order valence-electron chi connectivity index (χ1n) is 5.67. The van der Waals surface area contributed by atoms with Crippen LogP contribution in [0.25, 0.3) is 0 Å². The Bertz CT molecular complexity index is 337. The molecule has 88 valence electrons. The monoisotopic (exact) mass is 222 g/mol. The van der Waals surface area contributed by atoms with Gasteiger partial charge in [0.1, 0.15) is 5.82 Å². The van der Waals surface area contributed by atoms with Gasteiger partial charge in [-0.15, -0.1) is 0 Å². The van der Waals surface area contributed by atoms with Gasteiger partial charge in [-0.1, -0.05) is 6.07 Å². The Hall–Kier alpha value is -1.13. The second kappa shape index (κ2) is 4.80. The molecule has 1 aromatic rings. The van der Waals surface area contributed by atoms with Crippen molar-refractivity contribution in [2.24, 2.45) is 0 Å². The largest absolute Gasteiger partial charge is 0.389 e. The predicted molar refractivity (Wildman–Crippen MR) is 62.5 cm³/mol. The molecule has 1 aromatic heterocycles. The molecule has 16 heavy (non-hydrogen) atoms. The van der Waals surface area contributed by atoms with Crippen LogP contribution in [-0.4, -0.2) is 35.9 Å². The summed E-state index contributed by atoms with van der Waals surface area (Å²) in [5.74, 6) is 0.958. The van der Waals surface area contributed by atoms with Crippen molar-refractivity contribution in [3.8, 4) is 0 Å². The van der Waals surface area contributed by atoms with E-state index in [2.05, 4.69) is 16.8 Å². The Morgan fingerprint density at radius 3 is 2.94 bits per heavy atom. The molecule has 1 aliphatic heterocycles. The van der Waals surface area contributed by atoms with Gasteiger partial charge in [0.15, 0.2) is 0 Å². The third-order valence-electron chi connectivity index (χ3n) is 2.82. The van der Waals surface area contributed by atoms with Gasteiger partial charge in [0.2, 0.25) is 0 Å². The van der Waals surface area contributed by atoms with Crippen LogP contribution in [0.1, 0.15) is 25.5 Å². The number of aliphatic hydroxyl groups is 1. The number of aromatic nitrogens is 1. The minimum atomic E-state index is -0.454. The molecule has 0 bridgehead atoms. The molecule has 1 saturated heterocycles. The Morgan fingerprint density at radius 1 is 1.56 bits per heavy atom. The number of hydrogen-bond donors (Lipinski definition) is 1. The number of aliphatic hydroxyl groups excluding tert-OH is 1. The summed E-state index contributed by atoms with van der Waals surface area (Å²) in [6, 6.07) is 3.88. The Balaban J connectivity index is 2.09. The lowest BCUT2D eigenvalue weighted by molar-refractivity contribution is 0.0529. The summed E-state index contributed by atoms with van der Waals surface area (Å²) in [6.45, 7) is 6.32. The van der Waals surface area contributed by atoms with Gasteiger partial charge in [-0.3, -0.25) is 0 Å². The van der Waals surface area contributed by atoms with Gasteiger partial charge in [0, 0.05) is 19.3 Å². The van der Waals surface area contributed by atoms with E-state index in [1.54, 1.807) is 13.1 Å². The number of hydrogen-bond acceptors (Lipinski definition) is 4. The molecule has 1 N–H and O–H groups in total. The van der Waals surface area contributed by atoms with Crippen LogP contribution in [0, 0.1) is 0 Å².